The molecule has 0 unspecified atom stereocenters. The maximum Gasteiger partial charge on any atom is 0.194 e. The Kier molecular flexibility index (Phi) is 3.11. The summed E-state index contributed by atoms with van der Waals surface area (Å²) in [4.78, 5) is 0. The quantitative estimate of drug-likeness (QED) is 0.756. The number of aryl methyl sites for hydroxylation is 1. The number of hydrogen-bond donors (Lipinski definition) is 0. The van der Waals surface area contributed by atoms with Gasteiger partial charge >= 0.3 is 0 Å². The molecule has 2 nitrogen and oxygen atoms in total. The number of aromatic nitrogens is 2. The summed E-state index contributed by atoms with van der Waals surface area (Å²) in [5.74, 6) is -4.05. The smallest absolute Gasteiger partial charge is 0.194 e. The van der Waals surface area contributed by atoms with Crippen LogP contribution < -0.4 is 0 Å². The van der Waals surface area contributed by atoms with Gasteiger partial charge < -0.3 is 0 Å². The highest BCUT2D eigenvalue weighted by Crippen LogP contribution is 2.21. The fourth-order valence-electron chi connectivity index (χ4n) is 1.42. The van der Waals surface area contributed by atoms with Crippen molar-refractivity contribution in [2.24, 2.45) is 0 Å². The molecule has 0 saturated carbocycles. The SMILES string of the molecule is CCc1cc(Cl)n(-c2cc(F)c(F)c(F)c2)n1. The van der Waals surface area contributed by atoms with E-state index in [-0.39, 0.29) is 10.8 Å². The molecule has 6 heteroatoms. The van der Waals surface area contributed by atoms with E-state index >= 15 is 0 Å². The first-order valence-corrected chi connectivity index (χ1v) is 5.30. The summed E-state index contributed by atoms with van der Waals surface area (Å²) in [5.41, 5.74) is 0.728. The second-order valence-corrected chi connectivity index (χ2v) is 3.83. The highest BCUT2D eigenvalue weighted by Gasteiger charge is 2.14. The van der Waals surface area contributed by atoms with Crippen LogP contribution in [0.15, 0.2) is 18.2 Å². The van der Waals surface area contributed by atoms with Gasteiger partial charge in [-0.25, -0.2) is 17.9 Å². The first-order valence-electron chi connectivity index (χ1n) is 4.92. The highest BCUT2D eigenvalue weighted by atomic mass is 35.5. The molecule has 0 saturated heterocycles. The first kappa shape index (κ1) is 12.0. The lowest BCUT2D eigenvalue weighted by Crippen LogP contribution is -2.01. The van der Waals surface area contributed by atoms with Gasteiger partial charge in [-0.15, -0.1) is 0 Å². The molecular weight excluding hydrogens is 253 g/mol. The summed E-state index contributed by atoms with van der Waals surface area (Å²) in [6, 6.07) is 3.27. The third-order valence-electron chi connectivity index (χ3n) is 2.29. The maximum atomic E-state index is 13.0. The van der Waals surface area contributed by atoms with E-state index in [1.54, 1.807) is 6.07 Å². The van der Waals surface area contributed by atoms with E-state index in [9.17, 15) is 13.2 Å². The van der Waals surface area contributed by atoms with Crippen molar-refractivity contribution in [2.75, 3.05) is 0 Å². The molecule has 2 rings (SSSR count). The monoisotopic (exact) mass is 260 g/mol. The molecule has 0 spiro atoms. The minimum absolute atomic E-state index is 0.0473. The summed E-state index contributed by atoms with van der Waals surface area (Å²) in [6.07, 6.45) is 0.638. The van der Waals surface area contributed by atoms with Gasteiger partial charge in [-0.1, -0.05) is 18.5 Å². The van der Waals surface area contributed by atoms with E-state index < -0.39 is 17.5 Å². The molecule has 0 aliphatic rings. The second-order valence-electron chi connectivity index (χ2n) is 3.45. The topological polar surface area (TPSA) is 17.8 Å². The van der Waals surface area contributed by atoms with Crippen LogP contribution in [0.2, 0.25) is 5.15 Å². The van der Waals surface area contributed by atoms with Gasteiger partial charge in [-0.2, -0.15) is 5.10 Å². The molecule has 1 heterocycles. The van der Waals surface area contributed by atoms with Crippen LogP contribution in [-0.4, -0.2) is 9.78 Å². The Bertz CT molecular complexity index is 543. The standard InChI is InChI=1S/C11H8ClF3N2/c1-2-6-3-10(12)17(16-6)7-4-8(13)11(15)9(14)5-7/h3-5H,2H2,1H3. The van der Waals surface area contributed by atoms with Crippen LogP contribution in [-0.2, 0) is 6.42 Å². The minimum Gasteiger partial charge on any atom is -0.222 e. The Hall–Kier alpha value is -1.49. The predicted octanol–water partition coefficient (Wildman–Crippen LogP) is 3.51. The summed E-state index contributed by atoms with van der Waals surface area (Å²) in [7, 11) is 0. The third kappa shape index (κ3) is 2.15. The minimum atomic E-state index is -1.51. The Labute approximate surface area is 101 Å². The molecule has 0 radical (unpaired) electrons. The van der Waals surface area contributed by atoms with Gasteiger partial charge in [0.15, 0.2) is 17.5 Å². The fourth-order valence-corrected chi connectivity index (χ4v) is 1.68. The number of halogens is 4. The average Bonchev–Trinajstić information content (AvgIpc) is 2.67. The Balaban J connectivity index is 2.56. The number of hydrogen-bond acceptors (Lipinski definition) is 1. The Morgan fingerprint density at radius 3 is 2.24 bits per heavy atom. The lowest BCUT2D eigenvalue weighted by Gasteiger charge is -2.04. The van der Waals surface area contributed by atoms with Crippen LogP contribution >= 0.6 is 11.6 Å². The zero-order valence-corrected chi connectivity index (χ0v) is 9.60. The van der Waals surface area contributed by atoms with E-state index in [1.165, 1.54) is 0 Å². The summed E-state index contributed by atoms with van der Waals surface area (Å²) in [6.45, 7) is 1.87. The molecule has 0 amide bonds. The van der Waals surface area contributed by atoms with Crippen molar-refractivity contribution >= 4 is 11.6 Å². The molecule has 17 heavy (non-hydrogen) atoms. The van der Waals surface area contributed by atoms with Crippen LogP contribution in [0.3, 0.4) is 0 Å². The van der Waals surface area contributed by atoms with Gasteiger partial charge in [0.05, 0.1) is 11.4 Å². The van der Waals surface area contributed by atoms with Crippen LogP contribution in [0.25, 0.3) is 5.69 Å². The van der Waals surface area contributed by atoms with Gasteiger partial charge in [-0.3, -0.25) is 0 Å². The highest BCUT2D eigenvalue weighted by molar-refractivity contribution is 6.29. The zero-order valence-electron chi connectivity index (χ0n) is 8.85. The van der Waals surface area contributed by atoms with Gasteiger partial charge in [0.25, 0.3) is 0 Å². The maximum absolute atomic E-state index is 13.0. The number of benzene rings is 1. The number of nitrogens with zero attached hydrogens (tertiary/aromatic N) is 2. The zero-order chi connectivity index (χ0) is 12.6. The molecule has 0 fully saturated rings. The first-order chi connectivity index (χ1) is 8.02. The molecule has 0 N–H and O–H groups in total. The lowest BCUT2D eigenvalue weighted by atomic mass is 10.3. The van der Waals surface area contributed by atoms with Crippen molar-refractivity contribution in [3.05, 3.63) is 46.5 Å². The predicted molar refractivity (Wildman–Crippen MR) is 57.8 cm³/mol. The van der Waals surface area contributed by atoms with Gasteiger partial charge in [0.1, 0.15) is 5.15 Å². The van der Waals surface area contributed by atoms with Gasteiger partial charge in [0.2, 0.25) is 0 Å². The summed E-state index contributed by atoms with van der Waals surface area (Å²) < 4.78 is 40.0. The molecule has 0 aliphatic heterocycles. The molecule has 0 atom stereocenters. The van der Waals surface area contributed by atoms with Gasteiger partial charge in [0, 0.05) is 12.1 Å². The van der Waals surface area contributed by atoms with Crippen molar-refractivity contribution in [2.45, 2.75) is 13.3 Å². The van der Waals surface area contributed by atoms with E-state index in [2.05, 4.69) is 5.10 Å². The van der Waals surface area contributed by atoms with E-state index in [1.807, 2.05) is 6.92 Å². The molecule has 90 valence electrons. The Morgan fingerprint density at radius 1 is 1.18 bits per heavy atom. The second kappa shape index (κ2) is 4.41. The molecule has 2 aromatic rings. The number of rotatable bonds is 2. The molecule has 1 aromatic carbocycles. The molecule has 0 aliphatic carbocycles. The third-order valence-corrected chi connectivity index (χ3v) is 2.56. The molecular formula is C11H8ClF3N2. The van der Waals surface area contributed by atoms with Crippen LogP contribution in [0.1, 0.15) is 12.6 Å². The Morgan fingerprint density at radius 2 is 1.76 bits per heavy atom. The van der Waals surface area contributed by atoms with E-state index in [0.29, 0.717) is 12.1 Å². The molecule has 1 aromatic heterocycles. The van der Waals surface area contributed by atoms with Crippen molar-refractivity contribution in [1.29, 1.82) is 0 Å². The lowest BCUT2D eigenvalue weighted by molar-refractivity contribution is 0.446. The van der Waals surface area contributed by atoms with E-state index in [0.717, 1.165) is 16.8 Å². The normalized spacial score (nSPS) is 10.9. The summed E-state index contributed by atoms with van der Waals surface area (Å²) in [5, 5.41) is 4.25. The summed E-state index contributed by atoms with van der Waals surface area (Å²) >= 11 is 5.86. The van der Waals surface area contributed by atoms with Gasteiger partial charge in [-0.05, 0) is 12.5 Å². The van der Waals surface area contributed by atoms with Crippen LogP contribution in [0.5, 0.6) is 0 Å². The van der Waals surface area contributed by atoms with Crippen LogP contribution in [0.4, 0.5) is 13.2 Å². The largest absolute Gasteiger partial charge is 0.222 e. The van der Waals surface area contributed by atoms with Crippen molar-refractivity contribution in [3.63, 3.8) is 0 Å². The van der Waals surface area contributed by atoms with Crippen molar-refractivity contribution in [1.82, 2.24) is 9.78 Å². The fraction of sp³-hybridized carbons (Fsp3) is 0.182. The van der Waals surface area contributed by atoms with Crippen molar-refractivity contribution < 1.29 is 13.2 Å². The average molecular weight is 261 g/mol. The van der Waals surface area contributed by atoms with E-state index in [4.69, 9.17) is 11.6 Å². The van der Waals surface area contributed by atoms with Crippen LogP contribution in [0, 0.1) is 17.5 Å². The molecule has 0 bridgehead atoms. The van der Waals surface area contributed by atoms with Crippen molar-refractivity contribution in [3.8, 4) is 5.69 Å².